The minimum absolute atomic E-state index is 0.205. The molecule has 120 valence electrons. The summed E-state index contributed by atoms with van der Waals surface area (Å²) in [5.74, 6) is 0.00942. The average Bonchev–Trinajstić information content (AvgIpc) is 2.68. The van der Waals surface area contributed by atoms with Gasteiger partial charge in [-0.3, -0.25) is 4.79 Å². The summed E-state index contributed by atoms with van der Waals surface area (Å²) >= 11 is 0. The lowest BCUT2D eigenvalue weighted by atomic mass is 10.00. The van der Waals surface area contributed by atoms with Crippen LogP contribution in [0.3, 0.4) is 0 Å². The smallest absolute Gasteiger partial charge is 0.347 e. The average molecular weight is 327 g/mol. The van der Waals surface area contributed by atoms with E-state index in [1.807, 2.05) is 36.4 Å². The minimum atomic E-state index is -0.566. The highest BCUT2D eigenvalue weighted by Crippen LogP contribution is 2.21. The minimum Gasteiger partial charge on any atom is -0.403 e. The van der Waals surface area contributed by atoms with Crippen molar-refractivity contribution in [2.24, 2.45) is 0 Å². The van der Waals surface area contributed by atoms with Crippen molar-refractivity contribution in [3.63, 3.8) is 0 Å². The topological polar surface area (TPSA) is 60.2 Å². The van der Waals surface area contributed by atoms with Crippen LogP contribution in [0.15, 0.2) is 88.1 Å². The van der Waals surface area contributed by atoms with Gasteiger partial charge in [0.25, 0.3) is 0 Å². The molecule has 0 fully saturated rings. The lowest BCUT2D eigenvalue weighted by Gasteiger charge is -2.06. The van der Waals surface area contributed by atoms with Crippen LogP contribution in [0.4, 0.5) is 0 Å². The van der Waals surface area contributed by atoms with Gasteiger partial charge in [0.2, 0.25) is 5.89 Å². The summed E-state index contributed by atoms with van der Waals surface area (Å²) in [6, 6.07) is 23.1. The van der Waals surface area contributed by atoms with Crippen LogP contribution in [-0.4, -0.2) is 10.8 Å². The highest BCUT2D eigenvalue weighted by molar-refractivity contribution is 6.15. The second-order valence-corrected chi connectivity index (χ2v) is 5.57. The van der Waals surface area contributed by atoms with Crippen LogP contribution in [0, 0.1) is 0 Å². The molecule has 1 aromatic heterocycles. The Labute approximate surface area is 143 Å². The van der Waals surface area contributed by atoms with Crippen LogP contribution in [-0.2, 0) is 0 Å². The summed E-state index contributed by atoms with van der Waals surface area (Å²) in [5, 5.41) is 0.205. The molecule has 0 aliphatic heterocycles. The van der Waals surface area contributed by atoms with Gasteiger partial charge in [-0.2, -0.15) is 0 Å². The van der Waals surface area contributed by atoms with Gasteiger partial charge in [-0.25, -0.2) is 9.78 Å². The highest BCUT2D eigenvalue weighted by Gasteiger charge is 2.17. The van der Waals surface area contributed by atoms with E-state index < -0.39 is 5.63 Å². The quantitative estimate of drug-likeness (QED) is 0.532. The SMILES string of the molecule is O=C(c1ccccc1)c1cccc2nc(-c3ccccc3)oc(=O)c12. The predicted octanol–water partition coefficient (Wildman–Crippen LogP) is 4.09. The Morgan fingerprint density at radius 2 is 1.48 bits per heavy atom. The fourth-order valence-electron chi connectivity index (χ4n) is 2.76. The number of rotatable bonds is 3. The van der Waals surface area contributed by atoms with Gasteiger partial charge in [-0.15, -0.1) is 0 Å². The molecule has 4 aromatic rings. The van der Waals surface area contributed by atoms with Crippen molar-refractivity contribution in [3.05, 3.63) is 100 Å². The molecule has 0 radical (unpaired) electrons. The third-order valence-electron chi connectivity index (χ3n) is 3.96. The van der Waals surface area contributed by atoms with Crippen molar-refractivity contribution in [3.8, 4) is 11.5 Å². The molecule has 0 unspecified atom stereocenters. The number of ketones is 1. The number of nitrogens with zero attached hydrogens (tertiary/aromatic N) is 1. The molecule has 0 aliphatic carbocycles. The first kappa shape index (κ1) is 15.0. The first-order valence-corrected chi connectivity index (χ1v) is 7.83. The number of benzene rings is 3. The lowest BCUT2D eigenvalue weighted by Crippen LogP contribution is -2.10. The maximum atomic E-state index is 12.8. The van der Waals surface area contributed by atoms with E-state index >= 15 is 0 Å². The van der Waals surface area contributed by atoms with E-state index in [4.69, 9.17) is 4.42 Å². The molecular weight excluding hydrogens is 314 g/mol. The van der Waals surface area contributed by atoms with Gasteiger partial charge in [0.05, 0.1) is 10.9 Å². The van der Waals surface area contributed by atoms with E-state index in [0.29, 0.717) is 22.2 Å². The van der Waals surface area contributed by atoms with E-state index in [1.54, 1.807) is 42.5 Å². The molecular formula is C21H13NO3. The van der Waals surface area contributed by atoms with Crippen molar-refractivity contribution in [1.29, 1.82) is 0 Å². The van der Waals surface area contributed by atoms with E-state index in [9.17, 15) is 9.59 Å². The summed E-state index contributed by atoms with van der Waals surface area (Å²) in [6.45, 7) is 0. The molecule has 0 amide bonds. The molecule has 0 N–H and O–H groups in total. The van der Waals surface area contributed by atoms with Crippen molar-refractivity contribution in [2.75, 3.05) is 0 Å². The standard InChI is InChI=1S/C21H13NO3/c23-19(14-8-3-1-4-9-14)16-12-7-13-17-18(16)21(24)25-20(22-17)15-10-5-2-6-11-15/h1-13H. The number of fused-ring (bicyclic) bond motifs is 1. The number of hydrogen-bond donors (Lipinski definition) is 0. The molecule has 4 rings (SSSR count). The van der Waals surface area contributed by atoms with Gasteiger partial charge in [-0.1, -0.05) is 60.7 Å². The molecule has 0 spiro atoms. The fourth-order valence-corrected chi connectivity index (χ4v) is 2.76. The number of carbonyl (C=O) groups is 1. The second kappa shape index (κ2) is 6.17. The first-order chi connectivity index (χ1) is 12.2. The Kier molecular flexibility index (Phi) is 3.71. The molecule has 4 nitrogen and oxygen atoms in total. The zero-order chi connectivity index (χ0) is 17.2. The maximum Gasteiger partial charge on any atom is 0.347 e. The summed E-state index contributed by atoms with van der Waals surface area (Å²) in [4.78, 5) is 29.8. The van der Waals surface area contributed by atoms with Crippen LogP contribution in [0.1, 0.15) is 15.9 Å². The zero-order valence-corrected chi connectivity index (χ0v) is 13.2. The lowest BCUT2D eigenvalue weighted by molar-refractivity contribution is 0.104. The van der Waals surface area contributed by atoms with E-state index in [-0.39, 0.29) is 17.1 Å². The number of hydrogen-bond acceptors (Lipinski definition) is 4. The van der Waals surface area contributed by atoms with Gasteiger partial charge < -0.3 is 4.42 Å². The Morgan fingerprint density at radius 1 is 0.800 bits per heavy atom. The Hall–Kier alpha value is -3.53. The van der Waals surface area contributed by atoms with E-state index in [2.05, 4.69) is 4.98 Å². The fraction of sp³-hybridized carbons (Fsp3) is 0. The van der Waals surface area contributed by atoms with Crippen LogP contribution in [0.25, 0.3) is 22.4 Å². The third-order valence-corrected chi connectivity index (χ3v) is 3.96. The van der Waals surface area contributed by atoms with Crippen molar-refractivity contribution in [1.82, 2.24) is 4.98 Å². The van der Waals surface area contributed by atoms with E-state index in [1.165, 1.54) is 0 Å². The summed E-state index contributed by atoms with van der Waals surface area (Å²) in [7, 11) is 0. The normalized spacial score (nSPS) is 10.7. The Bertz CT molecular complexity index is 1120. The second-order valence-electron chi connectivity index (χ2n) is 5.57. The monoisotopic (exact) mass is 327 g/mol. The summed E-state index contributed by atoms with van der Waals surface area (Å²) in [6.07, 6.45) is 0. The largest absolute Gasteiger partial charge is 0.403 e. The molecule has 0 atom stereocenters. The molecule has 0 saturated heterocycles. The molecule has 25 heavy (non-hydrogen) atoms. The van der Waals surface area contributed by atoms with Crippen molar-refractivity contribution in [2.45, 2.75) is 0 Å². The molecule has 1 heterocycles. The van der Waals surface area contributed by atoms with Gasteiger partial charge in [0.15, 0.2) is 5.78 Å². The van der Waals surface area contributed by atoms with Crippen LogP contribution in [0.5, 0.6) is 0 Å². The number of carbonyl (C=O) groups excluding carboxylic acids is 1. The first-order valence-electron chi connectivity index (χ1n) is 7.83. The van der Waals surface area contributed by atoms with Crippen LogP contribution in [0.2, 0.25) is 0 Å². The molecule has 0 saturated carbocycles. The highest BCUT2D eigenvalue weighted by atomic mass is 16.4. The molecule has 0 bridgehead atoms. The molecule has 3 aromatic carbocycles. The zero-order valence-electron chi connectivity index (χ0n) is 13.2. The van der Waals surface area contributed by atoms with Gasteiger partial charge in [-0.05, 0) is 18.2 Å². The number of aromatic nitrogens is 1. The summed E-state index contributed by atoms with van der Waals surface area (Å²) in [5.41, 5.74) is 1.40. The predicted molar refractivity (Wildman–Crippen MR) is 95.6 cm³/mol. The van der Waals surface area contributed by atoms with Crippen molar-refractivity contribution >= 4 is 16.7 Å². The Balaban J connectivity index is 1.91. The van der Waals surface area contributed by atoms with Crippen LogP contribution >= 0.6 is 0 Å². The Morgan fingerprint density at radius 3 is 2.20 bits per heavy atom. The van der Waals surface area contributed by atoms with Gasteiger partial charge >= 0.3 is 5.63 Å². The van der Waals surface area contributed by atoms with Crippen molar-refractivity contribution < 1.29 is 9.21 Å². The summed E-state index contributed by atoms with van der Waals surface area (Å²) < 4.78 is 5.38. The van der Waals surface area contributed by atoms with Gasteiger partial charge in [0, 0.05) is 16.7 Å². The molecule has 4 heteroatoms. The van der Waals surface area contributed by atoms with Crippen LogP contribution < -0.4 is 5.63 Å². The van der Waals surface area contributed by atoms with E-state index in [0.717, 1.165) is 0 Å². The molecule has 0 aliphatic rings. The van der Waals surface area contributed by atoms with Gasteiger partial charge in [0.1, 0.15) is 0 Å². The third kappa shape index (κ3) is 2.74. The maximum absolute atomic E-state index is 12.8.